The van der Waals surface area contributed by atoms with Gasteiger partial charge < -0.3 is 14.6 Å². The van der Waals surface area contributed by atoms with Crippen LogP contribution in [0.2, 0.25) is 0 Å². The van der Waals surface area contributed by atoms with Crippen molar-refractivity contribution in [2.75, 3.05) is 6.61 Å². The quantitative estimate of drug-likeness (QED) is 0.872. The molecule has 0 aliphatic carbocycles. The second-order valence-corrected chi connectivity index (χ2v) is 3.97. The minimum absolute atomic E-state index is 0.0504. The summed E-state index contributed by atoms with van der Waals surface area (Å²) in [4.78, 5) is 18.8. The van der Waals surface area contributed by atoms with Crippen molar-refractivity contribution in [3.05, 3.63) is 42.4 Å². The van der Waals surface area contributed by atoms with E-state index in [2.05, 4.69) is 9.97 Å². The highest BCUT2D eigenvalue weighted by Gasteiger charge is 2.10. The van der Waals surface area contributed by atoms with Gasteiger partial charge in [0.15, 0.2) is 5.75 Å². The van der Waals surface area contributed by atoms with E-state index in [1.54, 1.807) is 18.3 Å². The third kappa shape index (κ3) is 3.44. The second kappa shape index (κ2) is 6.51. The maximum atomic E-state index is 10.9. The summed E-state index contributed by atoms with van der Waals surface area (Å²) in [6.45, 7) is 2.55. The number of pyridine rings is 2. The number of carboxylic acids is 1. The smallest absolute Gasteiger partial charge is 0.337 e. The molecule has 0 bridgehead atoms. The molecule has 104 valence electrons. The molecule has 0 radical (unpaired) electrons. The highest BCUT2D eigenvalue weighted by Crippen LogP contribution is 2.28. The second-order valence-electron chi connectivity index (χ2n) is 3.97. The number of hydrogen-bond acceptors (Lipinski definition) is 5. The number of nitrogens with zero attached hydrogens (tertiary/aromatic N) is 2. The first kappa shape index (κ1) is 13.8. The van der Waals surface area contributed by atoms with Gasteiger partial charge in [-0.25, -0.2) is 9.78 Å². The van der Waals surface area contributed by atoms with Crippen molar-refractivity contribution in [1.82, 2.24) is 9.97 Å². The van der Waals surface area contributed by atoms with Gasteiger partial charge in [0.25, 0.3) is 5.88 Å². The predicted octanol–water partition coefficient (Wildman–Crippen LogP) is 2.76. The van der Waals surface area contributed by atoms with Crippen molar-refractivity contribution >= 4 is 5.97 Å². The van der Waals surface area contributed by atoms with Crippen molar-refractivity contribution < 1.29 is 19.4 Å². The standard InChI is InChI=1S/C14H14N2O4/c1-2-6-19-12-4-3-5-16-13(12)20-11-7-10(14(17)18)8-15-9-11/h3-5,7-9H,2,6H2,1H3,(H,17,18). The highest BCUT2D eigenvalue weighted by atomic mass is 16.5. The third-order valence-corrected chi connectivity index (χ3v) is 2.37. The molecule has 0 unspecified atom stereocenters. The fourth-order valence-corrected chi connectivity index (χ4v) is 1.48. The van der Waals surface area contributed by atoms with Gasteiger partial charge in [-0.05, 0) is 24.6 Å². The van der Waals surface area contributed by atoms with Crippen LogP contribution in [0, 0.1) is 0 Å². The molecule has 0 spiro atoms. The molecule has 20 heavy (non-hydrogen) atoms. The summed E-state index contributed by atoms with van der Waals surface area (Å²) in [5, 5.41) is 8.91. The fraction of sp³-hybridized carbons (Fsp3) is 0.214. The van der Waals surface area contributed by atoms with Crippen molar-refractivity contribution in [3.8, 4) is 17.4 Å². The summed E-state index contributed by atoms with van der Waals surface area (Å²) in [6, 6.07) is 4.86. The lowest BCUT2D eigenvalue weighted by molar-refractivity contribution is 0.0696. The van der Waals surface area contributed by atoms with E-state index < -0.39 is 5.97 Å². The van der Waals surface area contributed by atoms with Crippen LogP contribution in [0.5, 0.6) is 17.4 Å². The van der Waals surface area contributed by atoms with Crippen LogP contribution in [0.1, 0.15) is 23.7 Å². The predicted molar refractivity (Wildman–Crippen MR) is 71.3 cm³/mol. The van der Waals surface area contributed by atoms with Crippen LogP contribution in [0.15, 0.2) is 36.8 Å². The maximum absolute atomic E-state index is 10.9. The minimum Gasteiger partial charge on any atom is -0.488 e. The molecule has 0 saturated carbocycles. The molecule has 0 aliphatic rings. The van der Waals surface area contributed by atoms with Gasteiger partial charge in [-0.15, -0.1) is 0 Å². The molecule has 0 amide bonds. The van der Waals surface area contributed by atoms with Crippen molar-refractivity contribution in [3.63, 3.8) is 0 Å². The summed E-state index contributed by atoms with van der Waals surface area (Å²) in [5.41, 5.74) is 0.0504. The topological polar surface area (TPSA) is 81.5 Å². The Morgan fingerprint density at radius 1 is 1.40 bits per heavy atom. The molecule has 2 heterocycles. The molecule has 2 rings (SSSR count). The van der Waals surface area contributed by atoms with Gasteiger partial charge >= 0.3 is 5.97 Å². The zero-order valence-electron chi connectivity index (χ0n) is 10.9. The monoisotopic (exact) mass is 274 g/mol. The Balaban J connectivity index is 2.21. The number of carbonyl (C=O) groups is 1. The molecule has 0 saturated heterocycles. The SMILES string of the molecule is CCCOc1cccnc1Oc1cncc(C(=O)O)c1. The van der Waals surface area contributed by atoms with Crippen LogP contribution in [0.25, 0.3) is 0 Å². The van der Waals surface area contributed by atoms with Gasteiger partial charge in [0, 0.05) is 12.4 Å². The third-order valence-electron chi connectivity index (χ3n) is 2.37. The number of hydrogen-bond donors (Lipinski definition) is 1. The number of rotatable bonds is 6. The lowest BCUT2D eigenvalue weighted by atomic mass is 10.3. The summed E-state index contributed by atoms with van der Waals surface area (Å²) in [6.07, 6.45) is 5.11. The molecular weight excluding hydrogens is 260 g/mol. The van der Waals surface area contributed by atoms with Gasteiger partial charge in [-0.2, -0.15) is 0 Å². The van der Waals surface area contributed by atoms with Crippen molar-refractivity contribution in [1.29, 1.82) is 0 Å². The summed E-state index contributed by atoms with van der Waals surface area (Å²) in [7, 11) is 0. The normalized spacial score (nSPS) is 10.1. The first-order valence-corrected chi connectivity index (χ1v) is 6.14. The molecule has 0 atom stereocenters. The van der Waals surface area contributed by atoms with E-state index in [0.29, 0.717) is 18.1 Å². The Morgan fingerprint density at radius 3 is 3.00 bits per heavy atom. The lowest BCUT2D eigenvalue weighted by Gasteiger charge is -2.10. The van der Waals surface area contributed by atoms with Crippen molar-refractivity contribution in [2.45, 2.75) is 13.3 Å². The molecule has 2 aromatic rings. The Labute approximate surface area is 116 Å². The molecule has 6 heteroatoms. The van der Waals surface area contributed by atoms with Crippen LogP contribution in [0.4, 0.5) is 0 Å². The van der Waals surface area contributed by atoms with Crippen molar-refractivity contribution in [2.24, 2.45) is 0 Å². The fourth-order valence-electron chi connectivity index (χ4n) is 1.48. The van der Waals surface area contributed by atoms with E-state index in [1.807, 2.05) is 6.92 Å². The number of aromatic carboxylic acids is 1. The lowest BCUT2D eigenvalue weighted by Crippen LogP contribution is -2.00. The largest absolute Gasteiger partial charge is 0.488 e. The molecule has 1 N–H and O–H groups in total. The summed E-state index contributed by atoms with van der Waals surface area (Å²) >= 11 is 0. The van der Waals surface area contributed by atoms with Crippen LogP contribution < -0.4 is 9.47 Å². The van der Waals surface area contributed by atoms with Gasteiger partial charge in [-0.1, -0.05) is 6.92 Å². The number of carboxylic acid groups (broad SMARTS) is 1. The van der Waals surface area contributed by atoms with Crippen LogP contribution >= 0.6 is 0 Å². The van der Waals surface area contributed by atoms with Crippen LogP contribution in [-0.4, -0.2) is 27.7 Å². The first-order chi connectivity index (χ1) is 9.70. The first-order valence-electron chi connectivity index (χ1n) is 6.14. The van der Waals surface area contributed by atoms with Gasteiger partial charge in [0.2, 0.25) is 0 Å². The van der Waals surface area contributed by atoms with E-state index in [9.17, 15) is 4.79 Å². The van der Waals surface area contributed by atoms with E-state index in [1.165, 1.54) is 18.5 Å². The summed E-state index contributed by atoms with van der Waals surface area (Å²) < 4.78 is 11.0. The van der Waals surface area contributed by atoms with E-state index in [-0.39, 0.29) is 11.4 Å². The van der Waals surface area contributed by atoms with Gasteiger partial charge in [0.1, 0.15) is 5.75 Å². The van der Waals surface area contributed by atoms with E-state index >= 15 is 0 Å². The highest BCUT2D eigenvalue weighted by molar-refractivity contribution is 5.87. The van der Waals surface area contributed by atoms with Crippen LogP contribution in [-0.2, 0) is 0 Å². The molecule has 0 aromatic carbocycles. The Kier molecular flexibility index (Phi) is 4.49. The molecule has 0 fully saturated rings. The number of ether oxygens (including phenoxy) is 2. The number of aromatic nitrogens is 2. The van der Waals surface area contributed by atoms with E-state index in [4.69, 9.17) is 14.6 Å². The van der Waals surface area contributed by atoms with Gasteiger partial charge in [0.05, 0.1) is 18.4 Å². The molecule has 6 nitrogen and oxygen atoms in total. The Hall–Kier alpha value is -2.63. The summed E-state index contributed by atoms with van der Waals surface area (Å²) in [5.74, 6) is 0.0248. The zero-order chi connectivity index (χ0) is 14.4. The zero-order valence-corrected chi connectivity index (χ0v) is 10.9. The molecular formula is C14H14N2O4. The maximum Gasteiger partial charge on any atom is 0.337 e. The Bertz CT molecular complexity index is 601. The minimum atomic E-state index is -1.06. The average molecular weight is 274 g/mol. The van der Waals surface area contributed by atoms with E-state index in [0.717, 1.165) is 6.42 Å². The Morgan fingerprint density at radius 2 is 2.25 bits per heavy atom. The van der Waals surface area contributed by atoms with Crippen LogP contribution in [0.3, 0.4) is 0 Å². The average Bonchev–Trinajstić information content (AvgIpc) is 2.46. The molecule has 0 aliphatic heterocycles. The van der Waals surface area contributed by atoms with Gasteiger partial charge in [-0.3, -0.25) is 4.98 Å². The molecule has 2 aromatic heterocycles.